The fourth-order valence-corrected chi connectivity index (χ4v) is 5.94. The molecule has 37 heavy (non-hydrogen) atoms. The summed E-state index contributed by atoms with van der Waals surface area (Å²) < 4.78 is 6.72. The summed E-state index contributed by atoms with van der Waals surface area (Å²) in [5.41, 5.74) is 6.67. The van der Waals surface area contributed by atoms with E-state index in [-0.39, 0.29) is 36.5 Å². The second kappa shape index (κ2) is 12.1. The van der Waals surface area contributed by atoms with Crippen molar-refractivity contribution in [1.82, 2.24) is 9.80 Å². The molecule has 2 aliphatic heterocycles. The number of hydrogen-bond acceptors (Lipinski definition) is 4. The average molecular weight is 544 g/mol. The van der Waals surface area contributed by atoms with Crippen LogP contribution in [0.25, 0.3) is 0 Å². The van der Waals surface area contributed by atoms with Crippen molar-refractivity contribution in [2.24, 2.45) is 0 Å². The van der Waals surface area contributed by atoms with Crippen molar-refractivity contribution in [3.05, 3.63) is 94.0 Å². The lowest BCUT2D eigenvalue weighted by molar-refractivity contribution is 0.00479. The lowest BCUT2D eigenvalue weighted by Crippen LogP contribution is -2.54. The Bertz CT molecular complexity index is 1140. The molecule has 0 amide bonds. The van der Waals surface area contributed by atoms with Gasteiger partial charge >= 0.3 is 0 Å². The third-order valence-corrected chi connectivity index (χ3v) is 8.15. The molecule has 0 spiro atoms. The molecule has 1 saturated heterocycles. The number of aromatic hydroxyl groups is 1. The van der Waals surface area contributed by atoms with E-state index in [1.807, 2.05) is 13.8 Å². The van der Waals surface area contributed by atoms with Gasteiger partial charge in [-0.05, 0) is 68.4 Å². The number of nitrogens with zero attached hydrogens (tertiary/aromatic N) is 2. The van der Waals surface area contributed by atoms with Crippen LogP contribution in [-0.4, -0.2) is 53.2 Å². The molecule has 0 radical (unpaired) electrons. The van der Waals surface area contributed by atoms with Crippen molar-refractivity contribution >= 4 is 24.8 Å². The van der Waals surface area contributed by atoms with Crippen molar-refractivity contribution in [2.75, 3.05) is 32.7 Å². The second-order valence-corrected chi connectivity index (χ2v) is 10.6. The minimum Gasteiger partial charge on any atom is -0.507 e. The van der Waals surface area contributed by atoms with Gasteiger partial charge in [-0.15, -0.1) is 24.8 Å². The van der Waals surface area contributed by atoms with Crippen LogP contribution >= 0.6 is 24.8 Å². The first kappa shape index (κ1) is 29.3. The van der Waals surface area contributed by atoms with Gasteiger partial charge in [0, 0.05) is 38.3 Å². The molecule has 1 unspecified atom stereocenters. The summed E-state index contributed by atoms with van der Waals surface area (Å²) in [6.45, 7) is 13.4. The van der Waals surface area contributed by atoms with Gasteiger partial charge in [0.2, 0.25) is 0 Å². The third-order valence-electron chi connectivity index (χ3n) is 8.15. The van der Waals surface area contributed by atoms with Gasteiger partial charge in [0.15, 0.2) is 0 Å². The van der Waals surface area contributed by atoms with Gasteiger partial charge in [0.25, 0.3) is 0 Å². The fraction of sp³-hybridized carbons (Fsp3) is 0.419. The van der Waals surface area contributed by atoms with Crippen LogP contribution in [0.4, 0.5) is 0 Å². The number of rotatable bonds is 5. The minimum absolute atomic E-state index is 0. The molecular weight excluding hydrogens is 503 g/mol. The Morgan fingerprint density at radius 1 is 0.811 bits per heavy atom. The Labute approximate surface area is 234 Å². The Hall–Kier alpha value is -2.24. The Kier molecular flexibility index (Phi) is 9.57. The smallest absolute Gasteiger partial charge is 0.127 e. The number of phenols is 1. The number of halogens is 2. The molecule has 1 fully saturated rings. The number of piperazine rings is 1. The SMILES string of the molecule is Cc1c(C)c2c(c(C)c1O)CCC(C)(CN1CCN(C(c3ccccc3)c3ccccc3)CC1)O2.Cl.Cl. The predicted molar refractivity (Wildman–Crippen MR) is 157 cm³/mol. The van der Waals surface area contributed by atoms with Gasteiger partial charge in [0.1, 0.15) is 17.1 Å². The van der Waals surface area contributed by atoms with Gasteiger partial charge in [-0.25, -0.2) is 0 Å². The fourth-order valence-electron chi connectivity index (χ4n) is 5.94. The van der Waals surface area contributed by atoms with E-state index in [9.17, 15) is 5.11 Å². The normalized spacial score (nSPS) is 19.9. The van der Waals surface area contributed by atoms with E-state index in [1.54, 1.807) is 0 Å². The zero-order chi connectivity index (χ0) is 24.6. The first-order valence-corrected chi connectivity index (χ1v) is 12.9. The summed E-state index contributed by atoms with van der Waals surface area (Å²) in [6, 6.07) is 22.1. The van der Waals surface area contributed by atoms with Gasteiger partial charge < -0.3 is 9.84 Å². The molecule has 3 aromatic rings. The van der Waals surface area contributed by atoms with Crippen LogP contribution in [0.3, 0.4) is 0 Å². The van der Waals surface area contributed by atoms with Crippen molar-refractivity contribution in [3.8, 4) is 11.5 Å². The quantitative estimate of drug-likeness (QED) is 0.391. The van der Waals surface area contributed by atoms with Gasteiger partial charge in [-0.2, -0.15) is 0 Å². The highest BCUT2D eigenvalue weighted by atomic mass is 35.5. The number of ether oxygens (including phenoxy) is 1. The monoisotopic (exact) mass is 542 g/mol. The van der Waals surface area contributed by atoms with Crippen molar-refractivity contribution in [2.45, 2.75) is 52.2 Å². The van der Waals surface area contributed by atoms with Gasteiger partial charge in [-0.1, -0.05) is 60.7 Å². The summed E-state index contributed by atoms with van der Waals surface area (Å²) in [4.78, 5) is 5.20. The van der Waals surface area contributed by atoms with E-state index in [0.717, 1.165) is 68.0 Å². The topological polar surface area (TPSA) is 35.9 Å². The summed E-state index contributed by atoms with van der Waals surface area (Å²) in [7, 11) is 0. The second-order valence-electron chi connectivity index (χ2n) is 10.6. The summed E-state index contributed by atoms with van der Waals surface area (Å²) in [6.07, 6.45) is 1.93. The number of benzene rings is 3. The lowest BCUT2D eigenvalue weighted by atomic mass is 9.86. The van der Waals surface area contributed by atoms with Crippen LogP contribution in [0.5, 0.6) is 11.5 Å². The standard InChI is InChI=1S/C31H38N2O2.2ClH/c1-22-23(2)30-27(24(3)29(22)34)15-16-31(4,35-30)21-32-17-19-33(20-18-32)28(25-11-7-5-8-12-25)26-13-9-6-10-14-26;;/h5-14,28,34H,15-21H2,1-4H3;2*1H. The number of hydrogen-bond donors (Lipinski definition) is 1. The zero-order valence-corrected chi connectivity index (χ0v) is 24.0. The van der Waals surface area contributed by atoms with Crippen LogP contribution in [0.1, 0.15) is 52.8 Å². The van der Waals surface area contributed by atoms with Crippen molar-refractivity contribution in [1.29, 1.82) is 0 Å². The van der Waals surface area contributed by atoms with Gasteiger partial charge in [0.05, 0.1) is 6.04 Å². The number of fused-ring (bicyclic) bond motifs is 1. The molecule has 2 heterocycles. The van der Waals surface area contributed by atoms with E-state index in [1.165, 1.54) is 16.7 Å². The summed E-state index contributed by atoms with van der Waals surface area (Å²) >= 11 is 0. The summed E-state index contributed by atoms with van der Waals surface area (Å²) in [5, 5.41) is 10.5. The molecule has 0 aromatic heterocycles. The van der Waals surface area contributed by atoms with Crippen LogP contribution in [-0.2, 0) is 6.42 Å². The highest BCUT2D eigenvalue weighted by Crippen LogP contribution is 2.43. The van der Waals surface area contributed by atoms with E-state index in [0.29, 0.717) is 5.75 Å². The molecule has 0 bridgehead atoms. The molecule has 0 saturated carbocycles. The summed E-state index contributed by atoms with van der Waals surface area (Å²) in [5.74, 6) is 1.43. The molecule has 4 nitrogen and oxygen atoms in total. The molecule has 3 aromatic carbocycles. The Morgan fingerprint density at radius 3 is 1.89 bits per heavy atom. The molecule has 5 rings (SSSR count). The maximum Gasteiger partial charge on any atom is 0.127 e. The van der Waals surface area contributed by atoms with E-state index in [2.05, 4.69) is 84.3 Å². The largest absolute Gasteiger partial charge is 0.507 e. The highest BCUT2D eigenvalue weighted by molar-refractivity contribution is 5.85. The molecule has 1 N–H and O–H groups in total. The molecule has 0 aliphatic carbocycles. The van der Waals surface area contributed by atoms with Crippen LogP contribution in [0.2, 0.25) is 0 Å². The molecule has 2 aliphatic rings. The highest BCUT2D eigenvalue weighted by Gasteiger charge is 2.37. The van der Waals surface area contributed by atoms with E-state index < -0.39 is 0 Å². The average Bonchev–Trinajstić information content (AvgIpc) is 2.88. The van der Waals surface area contributed by atoms with Crippen LogP contribution in [0, 0.1) is 20.8 Å². The van der Waals surface area contributed by atoms with Crippen molar-refractivity contribution in [3.63, 3.8) is 0 Å². The van der Waals surface area contributed by atoms with Crippen LogP contribution < -0.4 is 4.74 Å². The predicted octanol–water partition coefficient (Wildman–Crippen LogP) is 6.65. The van der Waals surface area contributed by atoms with Gasteiger partial charge in [-0.3, -0.25) is 9.80 Å². The Balaban J connectivity index is 0.00000190. The van der Waals surface area contributed by atoms with E-state index >= 15 is 0 Å². The first-order valence-electron chi connectivity index (χ1n) is 12.9. The molecule has 6 heteroatoms. The van der Waals surface area contributed by atoms with Crippen molar-refractivity contribution < 1.29 is 9.84 Å². The third kappa shape index (κ3) is 5.93. The van der Waals surface area contributed by atoms with E-state index in [4.69, 9.17) is 4.74 Å². The van der Waals surface area contributed by atoms with Crippen LogP contribution in [0.15, 0.2) is 60.7 Å². The molecule has 1 atom stereocenters. The molecular formula is C31H40Cl2N2O2. The maximum atomic E-state index is 10.5. The molecule has 200 valence electrons. The number of phenolic OH excluding ortho intramolecular Hbond substituents is 1. The lowest BCUT2D eigenvalue weighted by Gasteiger charge is -2.44. The maximum absolute atomic E-state index is 10.5. The zero-order valence-electron chi connectivity index (χ0n) is 22.4. The first-order chi connectivity index (χ1) is 16.9. The minimum atomic E-state index is -0.214. The Morgan fingerprint density at radius 2 is 1.35 bits per heavy atom.